The van der Waals surface area contributed by atoms with E-state index >= 15 is 0 Å². The number of aromatic nitrogens is 2. The zero-order valence-electron chi connectivity index (χ0n) is 15.3. The molecule has 27 heavy (non-hydrogen) atoms. The van der Waals surface area contributed by atoms with Crippen molar-refractivity contribution >= 4 is 40.3 Å². The van der Waals surface area contributed by atoms with Gasteiger partial charge in [0.2, 0.25) is 5.91 Å². The fraction of sp³-hybridized carbons (Fsp3) is 0.250. The average molecular weight is 382 g/mol. The maximum atomic E-state index is 12.3. The number of H-pyrrole nitrogens is 1. The maximum Gasteiger partial charge on any atom is 0.253 e. The minimum atomic E-state index is -0.190. The average Bonchev–Trinajstić information content (AvgIpc) is 3.08. The number of thioether (sulfide) groups is 1. The predicted octanol–water partition coefficient (Wildman–Crippen LogP) is 3.68. The molecule has 0 fully saturated rings. The summed E-state index contributed by atoms with van der Waals surface area (Å²) >= 11 is 1.32. The first-order valence-electron chi connectivity index (χ1n) is 8.77. The number of hydrogen-bond acceptors (Lipinski definition) is 4. The largest absolute Gasteiger partial charge is 0.352 e. The third-order valence-corrected chi connectivity index (χ3v) is 4.70. The number of imidazole rings is 1. The van der Waals surface area contributed by atoms with Gasteiger partial charge in [0.25, 0.3) is 5.91 Å². The highest BCUT2D eigenvalue weighted by Gasteiger charge is 2.14. The van der Waals surface area contributed by atoms with Crippen molar-refractivity contribution in [1.29, 1.82) is 0 Å². The van der Waals surface area contributed by atoms with E-state index in [2.05, 4.69) is 20.6 Å². The van der Waals surface area contributed by atoms with Gasteiger partial charge < -0.3 is 15.6 Å². The minimum absolute atomic E-state index is 0.190. The minimum Gasteiger partial charge on any atom is -0.352 e. The maximum absolute atomic E-state index is 12.3. The molecule has 6 nitrogen and oxygen atoms in total. The molecule has 0 atom stereocenters. The number of hydrogen-bond donors (Lipinski definition) is 3. The number of aromatic amines is 1. The highest BCUT2D eigenvalue weighted by atomic mass is 32.2. The van der Waals surface area contributed by atoms with Crippen LogP contribution in [0.3, 0.4) is 0 Å². The van der Waals surface area contributed by atoms with E-state index in [1.165, 1.54) is 11.8 Å². The lowest BCUT2D eigenvalue weighted by Gasteiger charge is -2.12. The van der Waals surface area contributed by atoms with Crippen LogP contribution in [0.4, 0.5) is 5.69 Å². The van der Waals surface area contributed by atoms with Gasteiger partial charge in [-0.2, -0.15) is 0 Å². The highest BCUT2D eigenvalue weighted by molar-refractivity contribution is 7.99. The Bertz CT molecular complexity index is 919. The van der Waals surface area contributed by atoms with Crippen molar-refractivity contribution in [2.75, 3.05) is 17.6 Å². The third-order valence-electron chi connectivity index (χ3n) is 3.82. The molecule has 3 aromatic rings. The van der Waals surface area contributed by atoms with E-state index in [0.717, 1.165) is 11.0 Å². The van der Waals surface area contributed by atoms with Crippen LogP contribution in [-0.2, 0) is 4.79 Å². The number of nitrogens with one attached hydrogen (secondary N) is 3. The Hall–Kier alpha value is -2.80. The van der Waals surface area contributed by atoms with Crippen LogP contribution < -0.4 is 10.6 Å². The normalized spacial score (nSPS) is 10.9. The Labute approximate surface area is 162 Å². The Morgan fingerprint density at radius 3 is 2.63 bits per heavy atom. The zero-order chi connectivity index (χ0) is 19.2. The number of carbonyl (C=O) groups excluding carboxylic acids is 2. The molecule has 0 aliphatic heterocycles. The van der Waals surface area contributed by atoms with Gasteiger partial charge in [-0.25, -0.2) is 4.98 Å². The van der Waals surface area contributed by atoms with E-state index in [4.69, 9.17) is 0 Å². The van der Waals surface area contributed by atoms with Gasteiger partial charge in [0, 0.05) is 6.54 Å². The molecule has 0 saturated carbocycles. The van der Waals surface area contributed by atoms with Crippen LogP contribution in [0.5, 0.6) is 0 Å². The van der Waals surface area contributed by atoms with Gasteiger partial charge in [-0.3, -0.25) is 9.59 Å². The number of anilines is 1. The molecular formula is C20H22N4O2S. The summed E-state index contributed by atoms with van der Waals surface area (Å²) in [6.07, 6.45) is 0. The number of carbonyl (C=O) groups is 2. The first kappa shape index (κ1) is 19.0. The summed E-state index contributed by atoms with van der Waals surface area (Å²) < 4.78 is 0. The highest BCUT2D eigenvalue weighted by Crippen LogP contribution is 2.20. The van der Waals surface area contributed by atoms with Crippen molar-refractivity contribution in [2.45, 2.75) is 19.0 Å². The molecule has 0 spiro atoms. The van der Waals surface area contributed by atoms with E-state index in [0.29, 0.717) is 28.9 Å². The lowest BCUT2D eigenvalue weighted by atomic mass is 10.1. The molecule has 1 heterocycles. The van der Waals surface area contributed by atoms with Gasteiger partial charge >= 0.3 is 0 Å². The van der Waals surface area contributed by atoms with Crippen molar-refractivity contribution in [1.82, 2.24) is 15.3 Å². The zero-order valence-corrected chi connectivity index (χ0v) is 16.1. The molecule has 140 valence electrons. The molecule has 0 saturated heterocycles. The molecule has 1 aromatic heterocycles. The number of rotatable bonds is 7. The monoisotopic (exact) mass is 382 g/mol. The van der Waals surface area contributed by atoms with E-state index in [1.807, 2.05) is 38.1 Å². The molecule has 0 unspecified atom stereocenters. The fourth-order valence-electron chi connectivity index (χ4n) is 2.50. The van der Waals surface area contributed by atoms with Crippen molar-refractivity contribution in [3.8, 4) is 0 Å². The third kappa shape index (κ3) is 5.10. The standard InChI is InChI=1S/C20H22N4O2S/c1-13(2)11-21-19(26)14-7-3-4-8-15(14)22-18(25)12-27-20-23-16-9-5-6-10-17(16)24-20/h3-10,13H,11-12H2,1-2H3,(H,21,26)(H,22,25)(H,23,24). The van der Waals surface area contributed by atoms with Crippen LogP contribution in [0.1, 0.15) is 24.2 Å². The fourth-order valence-corrected chi connectivity index (χ4v) is 3.19. The van der Waals surface area contributed by atoms with E-state index in [-0.39, 0.29) is 17.6 Å². The first-order chi connectivity index (χ1) is 13.0. The van der Waals surface area contributed by atoms with Crippen LogP contribution in [0.15, 0.2) is 53.7 Å². The van der Waals surface area contributed by atoms with Crippen molar-refractivity contribution in [2.24, 2.45) is 5.92 Å². The summed E-state index contributed by atoms with van der Waals surface area (Å²) in [4.78, 5) is 32.3. The second-order valence-corrected chi connectivity index (χ2v) is 7.51. The lowest BCUT2D eigenvalue weighted by molar-refractivity contribution is -0.113. The number of amides is 2. The van der Waals surface area contributed by atoms with Crippen molar-refractivity contribution in [3.05, 3.63) is 54.1 Å². The summed E-state index contributed by atoms with van der Waals surface area (Å²) in [5, 5.41) is 6.38. The van der Waals surface area contributed by atoms with E-state index in [9.17, 15) is 9.59 Å². The quantitative estimate of drug-likeness (QED) is 0.544. The molecule has 0 radical (unpaired) electrons. The smallest absolute Gasteiger partial charge is 0.253 e. The predicted molar refractivity (Wildman–Crippen MR) is 109 cm³/mol. The Balaban J connectivity index is 1.61. The number of para-hydroxylation sites is 3. The van der Waals surface area contributed by atoms with Crippen LogP contribution >= 0.6 is 11.8 Å². The summed E-state index contributed by atoms with van der Waals surface area (Å²) in [5.74, 6) is 0.173. The Kier molecular flexibility index (Phi) is 6.13. The summed E-state index contributed by atoms with van der Waals surface area (Å²) in [6, 6.07) is 14.7. The Morgan fingerprint density at radius 2 is 1.85 bits per heavy atom. The second-order valence-electron chi connectivity index (χ2n) is 6.55. The van der Waals surface area contributed by atoms with Gasteiger partial charge in [-0.05, 0) is 30.2 Å². The molecular weight excluding hydrogens is 360 g/mol. The number of fused-ring (bicyclic) bond motifs is 1. The summed E-state index contributed by atoms with van der Waals surface area (Å²) in [6.45, 7) is 4.65. The molecule has 3 rings (SSSR count). The molecule has 2 aromatic carbocycles. The SMILES string of the molecule is CC(C)CNC(=O)c1ccccc1NC(=O)CSc1nc2ccccc2[nH]1. The van der Waals surface area contributed by atoms with Gasteiger partial charge in [0.05, 0.1) is 28.0 Å². The number of benzene rings is 2. The van der Waals surface area contributed by atoms with Gasteiger partial charge in [-0.15, -0.1) is 0 Å². The molecule has 2 amide bonds. The lowest BCUT2D eigenvalue weighted by Crippen LogP contribution is -2.28. The summed E-state index contributed by atoms with van der Waals surface area (Å²) in [7, 11) is 0. The van der Waals surface area contributed by atoms with Crippen LogP contribution in [-0.4, -0.2) is 34.1 Å². The summed E-state index contributed by atoms with van der Waals surface area (Å²) in [5.41, 5.74) is 2.77. The molecule has 0 aliphatic carbocycles. The van der Waals surface area contributed by atoms with E-state index < -0.39 is 0 Å². The Morgan fingerprint density at radius 1 is 1.11 bits per heavy atom. The van der Waals surface area contributed by atoms with Gasteiger partial charge in [-0.1, -0.05) is 49.9 Å². The van der Waals surface area contributed by atoms with Crippen LogP contribution in [0.25, 0.3) is 11.0 Å². The molecule has 7 heteroatoms. The number of nitrogens with zero attached hydrogens (tertiary/aromatic N) is 1. The first-order valence-corrected chi connectivity index (χ1v) is 9.76. The van der Waals surface area contributed by atoms with Crippen molar-refractivity contribution < 1.29 is 9.59 Å². The van der Waals surface area contributed by atoms with E-state index in [1.54, 1.807) is 24.3 Å². The van der Waals surface area contributed by atoms with Crippen LogP contribution in [0, 0.1) is 5.92 Å². The van der Waals surface area contributed by atoms with Crippen molar-refractivity contribution in [3.63, 3.8) is 0 Å². The topological polar surface area (TPSA) is 86.9 Å². The van der Waals surface area contributed by atoms with Crippen LogP contribution in [0.2, 0.25) is 0 Å². The van der Waals surface area contributed by atoms with Gasteiger partial charge in [0.1, 0.15) is 0 Å². The van der Waals surface area contributed by atoms with Gasteiger partial charge in [0.15, 0.2) is 5.16 Å². The molecule has 3 N–H and O–H groups in total. The molecule has 0 bridgehead atoms. The second kappa shape index (κ2) is 8.73. The molecule has 0 aliphatic rings.